The average molecular weight is 362 g/mol. The number of hydrogen-bond acceptors (Lipinski definition) is 6. The lowest BCUT2D eigenvalue weighted by molar-refractivity contribution is -0.149. The summed E-state index contributed by atoms with van der Waals surface area (Å²) >= 11 is 0. The van der Waals surface area contributed by atoms with Crippen molar-refractivity contribution in [2.24, 2.45) is 5.92 Å². The Kier molecular flexibility index (Phi) is 6.44. The van der Waals surface area contributed by atoms with Crippen LogP contribution in [0.4, 0.5) is 0 Å². The summed E-state index contributed by atoms with van der Waals surface area (Å²) in [5.74, 6) is -0.0410. The molecular weight excluding hydrogens is 336 g/mol. The first-order chi connectivity index (χ1) is 12.7. The summed E-state index contributed by atoms with van der Waals surface area (Å²) in [6, 6.07) is 3.47. The van der Waals surface area contributed by atoms with Gasteiger partial charge in [-0.3, -0.25) is 9.59 Å². The van der Waals surface area contributed by atoms with Crippen molar-refractivity contribution < 1.29 is 23.8 Å². The van der Waals surface area contributed by atoms with Crippen LogP contribution >= 0.6 is 0 Å². The molecule has 2 aliphatic rings. The van der Waals surface area contributed by atoms with Gasteiger partial charge in [-0.15, -0.1) is 0 Å². The van der Waals surface area contributed by atoms with Gasteiger partial charge in [-0.25, -0.2) is 4.98 Å². The van der Waals surface area contributed by atoms with Crippen molar-refractivity contribution in [3.05, 3.63) is 23.9 Å². The molecule has 0 radical (unpaired) electrons. The molecule has 2 fully saturated rings. The second-order valence-corrected chi connectivity index (χ2v) is 6.66. The summed E-state index contributed by atoms with van der Waals surface area (Å²) in [4.78, 5) is 30.6. The third kappa shape index (κ3) is 4.72. The highest BCUT2D eigenvalue weighted by molar-refractivity contribution is 5.94. The Bertz CT molecular complexity index is 613. The Morgan fingerprint density at radius 3 is 2.77 bits per heavy atom. The van der Waals surface area contributed by atoms with Crippen molar-refractivity contribution >= 4 is 11.9 Å². The van der Waals surface area contributed by atoms with Crippen LogP contribution in [0.2, 0.25) is 0 Å². The maximum Gasteiger partial charge on any atom is 0.310 e. The van der Waals surface area contributed by atoms with Crippen LogP contribution in [0.3, 0.4) is 0 Å². The fourth-order valence-corrected chi connectivity index (χ4v) is 3.34. The van der Waals surface area contributed by atoms with E-state index in [1.165, 1.54) is 0 Å². The predicted octanol–water partition coefficient (Wildman–Crippen LogP) is 2.05. The monoisotopic (exact) mass is 362 g/mol. The minimum absolute atomic E-state index is 0.107. The molecule has 0 spiro atoms. The zero-order valence-electron chi connectivity index (χ0n) is 15.2. The van der Waals surface area contributed by atoms with Crippen molar-refractivity contribution in [1.29, 1.82) is 0 Å². The molecule has 2 aliphatic heterocycles. The Hall–Kier alpha value is -2.15. The maximum atomic E-state index is 12.7. The van der Waals surface area contributed by atoms with Crippen molar-refractivity contribution in [2.75, 3.05) is 32.9 Å². The highest BCUT2D eigenvalue weighted by Crippen LogP contribution is 2.21. The van der Waals surface area contributed by atoms with Crippen LogP contribution in [0.25, 0.3) is 0 Å². The molecule has 3 rings (SSSR count). The van der Waals surface area contributed by atoms with Gasteiger partial charge in [0.2, 0.25) is 5.88 Å². The second kappa shape index (κ2) is 8.98. The first-order valence-electron chi connectivity index (χ1n) is 9.33. The van der Waals surface area contributed by atoms with E-state index < -0.39 is 0 Å². The van der Waals surface area contributed by atoms with Crippen LogP contribution in [0.5, 0.6) is 5.88 Å². The molecular formula is C19H26N2O5. The van der Waals surface area contributed by atoms with Crippen molar-refractivity contribution in [2.45, 2.75) is 38.7 Å². The normalized spacial score (nSPS) is 21.3. The molecule has 0 bridgehead atoms. The number of carbonyl (C=O) groups is 2. The number of hydrogen-bond donors (Lipinski definition) is 0. The zero-order valence-corrected chi connectivity index (χ0v) is 15.2. The molecule has 7 heteroatoms. The molecule has 1 aromatic rings. The van der Waals surface area contributed by atoms with Gasteiger partial charge in [0.1, 0.15) is 6.10 Å². The van der Waals surface area contributed by atoms with Gasteiger partial charge in [0.25, 0.3) is 5.91 Å². The predicted molar refractivity (Wildman–Crippen MR) is 94.0 cm³/mol. The summed E-state index contributed by atoms with van der Waals surface area (Å²) in [5, 5.41) is 0. The first kappa shape index (κ1) is 18.6. The molecule has 0 N–H and O–H groups in total. The highest BCUT2D eigenvalue weighted by atomic mass is 16.5. The number of likely N-dealkylation sites (tertiary alicyclic amines) is 1. The molecule has 1 unspecified atom stereocenters. The molecule has 2 saturated heterocycles. The number of rotatable bonds is 5. The van der Waals surface area contributed by atoms with E-state index in [9.17, 15) is 9.59 Å². The number of nitrogens with zero attached hydrogens (tertiary/aromatic N) is 2. The number of carbonyl (C=O) groups excluding carboxylic acids is 2. The molecule has 1 aromatic heterocycles. The number of pyridine rings is 1. The Labute approximate surface area is 153 Å². The van der Waals surface area contributed by atoms with E-state index in [1.54, 1.807) is 30.2 Å². The van der Waals surface area contributed by atoms with E-state index in [-0.39, 0.29) is 23.9 Å². The van der Waals surface area contributed by atoms with Gasteiger partial charge >= 0.3 is 5.97 Å². The minimum atomic E-state index is -0.239. The number of piperidine rings is 1. The second-order valence-electron chi connectivity index (χ2n) is 6.66. The average Bonchev–Trinajstić information content (AvgIpc) is 2.69. The van der Waals surface area contributed by atoms with Gasteiger partial charge in [0, 0.05) is 38.2 Å². The molecule has 0 aromatic carbocycles. The molecule has 1 amide bonds. The SMILES string of the molecule is CCOC(=O)C1CCCN(C(=O)c2ccc(OC3CCOCC3)nc2)C1. The fourth-order valence-electron chi connectivity index (χ4n) is 3.34. The Morgan fingerprint density at radius 2 is 2.08 bits per heavy atom. The smallest absolute Gasteiger partial charge is 0.310 e. The third-order valence-electron chi connectivity index (χ3n) is 4.77. The standard InChI is InChI=1S/C19H26N2O5/c1-2-25-19(23)15-4-3-9-21(13-15)18(22)14-5-6-17(20-12-14)26-16-7-10-24-11-8-16/h5-6,12,15-16H,2-4,7-11,13H2,1H3. The van der Waals surface area contributed by atoms with Gasteiger partial charge in [-0.2, -0.15) is 0 Å². The van der Waals surface area contributed by atoms with Gasteiger partial charge in [0.05, 0.1) is 31.3 Å². The molecule has 142 valence electrons. The van der Waals surface area contributed by atoms with E-state index >= 15 is 0 Å². The zero-order chi connectivity index (χ0) is 18.4. The van der Waals surface area contributed by atoms with Crippen LogP contribution in [0.1, 0.15) is 43.0 Å². The topological polar surface area (TPSA) is 78.0 Å². The molecule has 1 atom stereocenters. The summed E-state index contributed by atoms with van der Waals surface area (Å²) in [6.07, 6.45) is 4.93. The van der Waals surface area contributed by atoms with Crippen LogP contribution in [-0.2, 0) is 14.3 Å². The van der Waals surface area contributed by atoms with Crippen molar-refractivity contribution in [1.82, 2.24) is 9.88 Å². The summed E-state index contributed by atoms with van der Waals surface area (Å²) < 4.78 is 16.2. The van der Waals surface area contributed by atoms with Gasteiger partial charge in [-0.05, 0) is 25.8 Å². The summed E-state index contributed by atoms with van der Waals surface area (Å²) in [6.45, 7) is 4.61. The molecule has 7 nitrogen and oxygen atoms in total. The third-order valence-corrected chi connectivity index (χ3v) is 4.77. The number of aromatic nitrogens is 1. The van der Waals surface area contributed by atoms with Gasteiger partial charge in [0.15, 0.2) is 0 Å². The Morgan fingerprint density at radius 1 is 1.27 bits per heavy atom. The molecule has 3 heterocycles. The molecule has 0 aliphatic carbocycles. The Balaban J connectivity index is 1.57. The van der Waals surface area contributed by atoms with Gasteiger partial charge < -0.3 is 19.1 Å². The lowest BCUT2D eigenvalue weighted by atomic mass is 9.97. The van der Waals surface area contributed by atoms with E-state index in [0.717, 1.165) is 25.7 Å². The van der Waals surface area contributed by atoms with E-state index in [2.05, 4.69) is 4.98 Å². The lowest BCUT2D eigenvalue weighted by Gasteiger charge is -2.31. The lowest BCUT2D eigenvalue weighted by Crippen LogP contribution is -2.42. The molecule has 0 saturated carbocycles. The minimum Gasteiger partial charge on any atom is -0.474 e. The van der Waals surface area contributed by atoms with Crippen molar-refractivity contribution in [3.63, 3.8) is 0 Å². The van der Waals surface area contributed by atoms with E-state index in [0.29, 0.717) is 44.4 Å². The van der Waals surface area contributed by atoms with Crippen LogP contribution < -0.4 is 4.74 Å². The van der Waals surface area contributed by atoms with Crippen LogP contribution in [0.15, 0.2) is 18.3 Å². The first-order valence-corrected chi connectivity index (χ1v) is 9.33. The van der Waals surface area contributed by atoms with Crippen LogP contribution in [0, 0.1) is 5.92 Å². The number of amides is 1. The summed E-state index contributed by atoms with van der Waals surface area (Å²) in [7, 11) is 0. The van der Waals surface area contributed by atoms with E-state index in [1.807, 2.05) is 0 Å². The van der Waals surface area contributed by atoms with Crippen LogP contribution in [-0.4, -0.2) is 60.8 Å². The number of esters is 1. The largest absolute Gasteiger partial charge is 0.474 e. The van der Waals surface area contributed by atoms with Crippen molar-refractivity contribution in [3.8, 4) is 5.88 Å². The fraction of sp³-hybridized carbons (Fsp3) is 0.632. The molecule has 26 heavy (non-hydrogen) atoms. The van der Waals surface area contributed by atoms with Gasteiger partial charge in [-0.1, -0.05) is 0 Å². The highest BCUT2D eigenvalue weighted by Gasteiger charge is 2.30. The number of ether oxygens (including phenoxy) is 3. The quantitative estimate of drug-likeness (QED) is 0.746. The maximum absolute atomic E-state index is 12.7. The summed E-state index contributed by atoms with van der Waals surface area (Å²) in [5.41, 5.74) is 0.508. The van der Waals surface area contributed by atoms with E-state index in [4.69, 9.17) is 14.2 Å².